The van der Waals surface area contributed by atoms with Crippen molar-refractivity contribution in [1.29, 1.82) is 0 Å². The van der Waals surface area contributed by atoms with Crippen LogP contribution in [-0.2, 0) is 4.74 Å². The molecule has 1 aliphatic carbocycles. The maximum Gasteiger partial charge on any atom is 0.193 e. The van der Waals surface area contributed by atoms with Gasteiger partial charge in [0, 0.05) is 31.6 Å². The van der Waals surface area contributed by atoms with E-state index in [0.717, 1.165) is 36.5 Å². The van der Waals surface area contributed by atoms with Crippen LogP contribution in [-0.4, -0.2) is 55.9 Å². The Morgan fingerprint density at radius 2 is 2.35 bits per heavy atom. The van der Waals surface area contributed by atoms with Gasteiger partial charge < -0.3 is 20.1 Å². The number of guanidine groups is 1. The number of likely N-dealkylation sites (N-methyl/N-ethyl adjacent to an activating group) is 1. The highest BCUT2D eigenvalue weighted by atomic mass is 35.5. The third kappa shape index (κ3) is 6.67. The van der Waals surface area contributed by atoms with Crippen LogP contribution in [0.15, 0.2) is 17.1 Å². The minimum absolute atomic E-state index is 0.312. The van der Waals surface area contributed by atoms with Gasteiger partial charge in [-0.15, -0.1) is 11.3 Å². The van der Waals surface area contributed by atoms with Gasteiger partial charge in [0.15, 0.2) is 5.96 Å². The summed E-state index contributed by atoms with van der Waals surface area (Å²) in [6.07, 6.45) is 2.00. The molecular formula is C16H26ClN3O2S. The summed E-state index contributed by atoms with van der Waals surface area (Å²) in [4.78, 5) is 7.38. The second-order valence-corrected chi connectivity index (χ2v) is 7.54. The predicted molar refractivity (Wildman–Crippen MR) is 96.4 cm³/mol. The molecule has 1 aromatic heterocycles. The molecule has 0 amide bonds. The number of thiophene rings is 1. The van der Waals surface area contributed by atoms with Gasteiger partial charge in [0.1, 0.15) is 6.10 Å². The highest BCUT2D eigenvalue weighted by molar-refractivity contribution is 7.16. The van der Waals surface area contributed by atoms with Gasteiger partial charge in [0.25, 0.3) is 0 Å². The lowest BCUT2D eigenvalue weighted by molar-refractivity contribution is 0.115. The van der Waals surface area contributed by atoms with Gasteiger partial charge in [-0.25, -0.2) is 0 Å². The number of nitrogens with one attached hydrogen (secondary N) is 1. The Bertz CT molecular complexity index is 505. The first-order valence-electron chi connectivity index (χ1n) is 8.10. The predicted octanol–water partition coefficient (Wildman–Crippen LogP) is 2.76. The van der Waals surface area contributed by atoms with Crippen molar-refractivity contribution in [1.82, 2.24) is 10.2 Å². The molecule has 0 bridgehead atoms. The van der Waals surface area contributed by atoms with Gasteiger partial charge in [0.05, 0.1) is 17.5 Å². The van der Waals surface area contributed by atoms with E-state index in [1.807, 2.05) is 24.9 Å². The molecule has 1 heterocycles. The Hall–Kier alpha value is -0.820. The summed E-state index contributed by atoms with van der Waals surface area (Å²) in [5.41, 5.74) is 0. The molecular weight excluding hydrogens is 334 g/mol. The molecule has 0 saturated heterocycles. The molecule has 5 nitrogen and oxygen atoms in total. The summed E-state index contributed by atoms with van der Waals surface area (Å²) >= 11 is 7.29. The van der Waals surface area contributed by atoms with Gasteiger partial charge in [-0.1, -0.05) is 11.6 Å². The smallest absolute Gasteiger partial charge is 0.193 e. The number of hydrogen-bond donors (Lipinski definition) is 2. The molecule has 0 spiro atoms. The number of aliphatic hydroxyl groups excluding tert-OH is 1. The molecule has 0 aliphatic heterocycles. The van der Waals surface area contributed by atoms with Crippen LogP contribution >= 0.6 is 22.9 Å². The fourth-order valence-corrected chi connectivity index (χ4v) is 3.12. The number of aliphatic imine (C=N–C) groups is 1. The van der Waals surface area contributed by atoms with E-state index < -0.39 is 6.10 Å². The highest BCUT2D eigenvalue weighted by Crippen LogP contribution is 2.28. The zero-order chi connectivity index (χ0) is 16.7. The molecule has 23 heavy (non-hydrogen) atoms. The number of aliphatic hydroxyl groups is 1. The van der Waals surface area contributed by atoms with Gasteiger partial charge in [-0.2, -0.15) is 0 Å². The van der Waals surface area contributed by atoms with E-state index in [4.69, 9.17) is 16.3 Å². The monoisotopic (exact) mass is 359 g/mol. The van der Waals surface area contributed by atoms with Crippen LogP contribution in [0.2, 0.25) is 4.34 Å². The number of hydrogen-bond acceptors (Lipinski definition) is 4. The van der Waals surface area contributed by atoms with Crippen molar-refractivity contribution in [3.63, 3.8) is 0 Å². The van der Waals surface area contributed by atoms with Crippen LogP contribution in [0.5, 0.6) is 0 Å². The Labute approximate surface area is 147 Å². The van der Waals surface area contributed by atoms with Crippen LogP contribution in [0.4, 0.5) is 0 Å². The van der Waals surface area contributed by atoms with Crippen LogP contribution in [0, 0.1) is 5.92 Å². The second kappa shape index (κ2) is 9.47. The molecule has 1 unspecified atom stereocenters. The van der Waals surface area contributed by atoms with Crippen molar-refractivity contribution in [3.8, 4) is 0 Å². The van der Waals surface area contributed by atoms with Crippen molar-refractivity contribution >= 4 is 28.9 Å². The molecule has 1 saturated carbocycles. The molecule has 7 heteroatoms. The molecule has 1 atom stereocenters. The minimum Gasteiger partial charge on any atom is -0.386 e. The Balaban J connectivity index is 1.79. The van der Waals surface area contributed by atoms with E-state index in [2.05, 4.69) is 10.3 Å². The molecule has 1 aliphatic rings. The minimum atomic E-state index is -0.624. The molecule has 2 rings (SSSR count). The van der Waals surface area contributed by atoms with Crippen molar-refractivity contribution in [2.24, 2.45) is 10.9 Å². The van der Waals surface area contributed by atoms with Crippen LogP contribution in [0.25, 0.3) is 0 Å². The normalized spacial score (nSPS) is 16.4. The third-order valence-electron chi connectivity index (χ3n) is 3.65. The number of ether oxygens (including phenoxy) is 1. The van der Waals surface area contributed by atoms with Gasteiger partial charge >= 0.3 is 0 Å². The maximum absolute atomic E-state index is 10.2. The van der Waals surface area contributed by atoms with Crippen LogP contribution < -0.4 is 5.32 Å². The Kier molecular flexibility index (Phi) is 7.62. The van der Waals surface area contributed by atoms with Gasteiger partial charge in [-0.3, -0.25) is 4.99 Å². The zero-order valence-electron chi connectivity index (χ0n) is 13.8. The summed E-state index contributed by atoms with van der Waals surface area (Å²) in [6, 6.07) is 3.64. The van der Waals surface area contributed by atoms with Crippen LogP contribution in [0.3, 0.4) is 0 Å². The largest absolute Gasteiger partial charge is 0.386 e. The molecule has 0 aromatic carbocycles. The van der Waals surface area contributed by atoms with Gasteiger partial charge in [-0.05, 0) is 37.8 Å². The molecule has 0 radical (unpaired) electrons. The third-order valence-corrected chi connectivity index (χ3v) is 4.99. The number of rotatable bonds is 9. The second-order valence-electron chi connectivity index (χ2n) is 5.79. The van der Waals surface area contributed by atoms with Crippen molar-refractivity contribution in [2.75, 3.05) is 39.9 Å². The standard InChI is InChI=1S/C16H26ClN3O2S/c1-3-18-16(20(2)8-9-22-11-12-4-5-12)19-10-13(21)14-6-7-15(17)23-14/h6-7,12-13,21H,3-5,8-11H2,1-2H3,(H,18,19). The molecule has 1 fully saturated rings. The van der Waals surface area contributed by atoms with Crippen molar-refractivity contribution in [2.45, 2.75) is 25.9 Å². The van der Waals surface area contributed by atoms with E-state index in [0.29, 0.717) is 17.5 Å². The van der Waals surface area contributed by atoms with E-state index in [-0.39, 0.29) is 0 Å². The van der Waals surface area contributed by atoms with E-state index in [1.165, 1.54) is 24.2 Å². The lowest BCUT2D eigenvalue weighted by atomic mass is 10.3. The SMILES string of the molecule is CCNC(=NCC(O)c1ccc(Cl)s1)N(C)CCOCC1CC1. The quantitative estimate of drug-likeness (QED) is 0.404. The first-order valence-corrected chi connectivity index (χ1v) is 9.30. The average molecular weight is 360 g/mol. The molecule has 130 valence electrons. The Morgan fingerprint density at radius 1 is 1.57 bits per heavy atom. The molecule has 2 N–H and O–H groups in total. The zero-order valence-corrected chi connectivity index (χ0v) is 15.4. The topological polar surface area (TPSA) is 57.1 Å². The number of nitrogens with zero attached hydrogens (tertiary/aromatic N) is 2. The van der Waals surface area contributed by atoms with Gasteiger partial charge in [0.2, 0.25) is 0 Å². The first-order chi connectivity index (χ1) is 11.1. The lowest BCUT2D eigenvalue weighted by Gasteiger charge is -2.22. The first kappa shape index (κ1) is 18.5. The van der Waals surface area contributed by atoms with E-state index in [9.17, 15) is 5.11 Å². The fraction of sp³-hybridized carbons (Fsp3) is 0.688. The summed E-state index contributed by atoms with van der Waals surface area (Å²) in [5, 5.41) is 13.4. The maximum atomic E-state index is 10.2. The Morgan fingerprint density at radius 3 is 2.96 bits per heavy atom. The van der Waals surface area contributed by atoms with Crippen molar-refractivity contribution < 1.29 is 9.84 Å². The summed E-state index contributed by atoms with van der Waals surface area (Å²) in [6.45, 7) is 5.47. The lowest BCUT2D eigenvalue weighted by Crippen LogP contribution is -2.40. The fourth-order valence-electron chi connectivity index (χ4n) is 2.08. The van der Waals surface area contributed by atoms with Crippen molar-refractivity contribution in [3.05, 3.63) is 21.3 Å². The number of halogens is 1. The average Bonchev–Trinajstić information content (AvgIpc) is 3.26. The summed E-state index contributed by atoms with van der Waals surface area (Å²) in [7, 11) is 1.98. The van der Waals surface area contributed by atoms with Crippen LogP contribution in [0.1, 0.15) is 30.7 Å². The highest BCUT2D eigenvalue weighted by Gasteiger charge is 2.21. The van der Waals surface area contributed by atoms with E-state index in [1.54, 1.807) is 6.07 Å². The van der Waals surface area contributed by atoms with E-state index >= 15 is 0 Å². The summed E-state index contributed by atoms with van der Waals surface area (Å²) in [5.74, 6) is 1.57. The molecule has 1 aromatic rings. The summed E-state index contributed by atoms with van der Waals surface area (Å²) < 4.78 is 6.35.